The molecule has 0 bridgehead atoms. The van der Waals surface area contributed by atoms with Gasteiger partial charge in [-0.25, -0.2) is 0 Å². The van der Waals surface area contributed by atoms with Gasteiger partial charge >= 0.3 is 0 Å². The molecule has 0 aliphatic rings. The Morgan fingerprint density at radius 1 is 1.29 bits per heavy atom. The summed E-state index contributed by atoms with van der Waals surface area (Å²) in [5.41, 5.74) is 9.83. The van der Waals surface area contributed by atoms with Crippen LogP contribution in [0.5, 0.6) is 0 Å². The van der Waals surface area contributed by atoms with Gasteiger partial charge in [-0.05, 0) is 25.0 Å². The number of hydrogen-bond donors (Lipinski definition) is 3. The number of carbonyl (C=O) groups excluding carboxylic acids is 1. The van der Waals surface area contributed by atoms with Crippen LogP contribution in [0.25, 0.3) is 0 Å². The Balaban J connectivity index is 1.91. The first kappa shape index (κ1) is 15.1. The van der Waals surface area contributed by atoms with E-state index in [-0.39, 0.29) is 19.1 Å². The monoisotopic (exact) mass is 288 g/mol. The summed E-state index contributed by atoms with van der Waals surface area (Å²) in [6, 6.07) is 7.44. The van der Waals surface area contributed by atoms with Gasteiger partial charge in [-0.3, -0.25) is 9.48 Å². The molecule has 1 amide bonds. The van der Waals surface area contributed by atoms with Crippen LogP contribution >= 0.6 is 0 Å². The molecule has 0 saturated heterocycles. The highest BCUT2D eigenvalue weighted by atomic mass is 16.3. The van der Waals surface area contributed by atoms with E-state index in [0.29, 0.717) is 12.2 Å². The molecule has 0 fully saturated rings. The number of aryl methyl sites for hydroxylation is 1. The third-order valence-electron chi connectivity index (χ3n) is 3.43. The average molecular weight is 288 g/mol. The fourth-order valence-electron chi connectivity index (χ4n) is 2.02. The summed E-state index contributed by atoms with van der Waals surface area (Å²) < 4.78 is 1.61. The summed E-state index contributed by atoms with van der Waals surface area (Å²) in [4.78, 5) is 11.9. The molecule has 1 aromatic heterocycles. The predicted molar refractivity (Wildman–Crippen MR) is 80.3 cm³/mol. The lowest BCUT2D eigenvalue weighted by Crippen LogP contribution is -2.28. The van der Waals surface area contributed by atoms with Gasteiger partial charge in [-0.15, -0.1) is 0 Å². The van der Waals surface area contributed by atoms with Crippen LogP contribution in [0.15, 0.2) is 24.3 Å². The van der Waals surface area contributed by atoms with Gasteiger partial charge in [0.15, 0.2) is 0 Å². The van der Waals surface area contributed by atoms with Crippen LogP contribution in [0.4, 0.5) is 5.69 Å². The lowest BCUT2D eigenvalue weighted by Gasteiger charge is -2.07. The molecule has 6 nitrogen and oxygen atoms in total. The third-order valence-corrected chi connectivity index (χ3v) is 3.43. The summed E-state index contributed by atoms with van der Waals surface area (Å²) in [5.74, 6) is -0.119. The van der Waals surface area contributed by atoms with E-state index in [9.17, 15) is 4.79 Å². The number of rotatable bonds is 5. The van der Waals surface area contributed by atoms with Gasteiger partial charge in [0.2, 0.25) is 5.91 Å². The number of aliphatic hydroxyl groups is 1. The van der Waals surface area contributed by atoms with Crippen molar-refractivity contribution in [3.05, 3.63) is 46.8 Å². The molecule has 0 radical (unpaired) electrons. The maximum Gasteiger partial charge on any atom is 0.242 e. The van der Waals surface area contributed by atoms with Crippen molar-refractivity contribution in [2.45, 2.75) is 33.5 Å². The van der Waals surface area contributed by atoms with Crippen LogP contribution in [-0.4, -0.2) is 20.8 Å². The minimum atomic E-state index is -0.119. The Hall–Kier alpha value is -2.34. The number of hydrogen-bond acceptors (Lipinski definition) is 4. The van der Waals surface area contributed by atoms with E-state index in [2.05, 4.69) is 10.4 Å². The minimum Gasteiger partial charge on any atom is -0.396 e. The number of nitrogens with two attached hydrogens (primary N) is 1. The molecule has 6 heteroatoms. The van der Waals surface area contributed by atoms with Gasteiger partial charge in [0.05, 0.1) is 23.7 Å². The smallest absolute Gasteiger partial charge is 0.242 e. The number of benzene rings is 1. The molecular weight excluding hydrogens is 268 g/mol. The summed E-state index contributed by atoms with van der Waals surface area (Å²) in [7, 11) is 0. The van der Waals surface area contributed by atoms with Crippen molar-refractivity contribution >= 4 is 11.6 Å². The molecule has 112 valence electrons. The van der Waals surface area contributed by atoms with E-state index in [1.807, 2.05) is 38.1 Å². The van der Waals surface area contributed by atoms with Crippen LogP contribution in [0.2, 0.25) is 0 Å². The Kier molecular flexibility index (Phi) is 4.59. The molecule has 1 heterocycles. The van der Waals surface area contributed by atoms with Crippen molar-refractivity contribution < 1.29 is 9.90 Å². The quantitative estimate of drug-likeness (QED) is 0.761. The van der Waals surface area contributed by atoms with E-state index in [0.717, 1.165) is 22.5 Å². The van der Waals surface area contributed by atoms with Crippen LogP contribution in [-0.2, 0) is 24.5 Å². The molecule has 1 aromatic carbocycles. The molecule has 0 saturated carbocycles. The number of carbonyl (C=O) groups is 1. The van der Waals surface area contributed by atoms with Gasteiger partial charge in [-0.2, -0.15) is 5.10 Å². The van der Waals surface area contributed by atoms with Gasteiger partial charge < -0.3 is 16.2 Å². The van der Waals surface area contributed by atoms with Crippen molar-refractivity contribution in [3.63, 3.8) is 0 Å². The zero-order valence-electron chi connectivity index (χ0n) is 12.3. The largest absolute Gasteiger partial charge is 0.396 e. The summed E-state index contributed by atoms with van der Waals surface area (Å²) in [5, 5.41) is 16.0. The van der Waals surface area contributed by atoms with Crippen molar-refractivity contribution in [1.29, 1.82) is 0 Å². The number of nitrogen functional groups attached to an aromatic ring is 1. The zero-order valence-corrected chi connectivity index (χ0v) is 12.3. The molecular formula is C15H20N4O2. The number of aromatic nitrogens is 2. The molecule has 2 aromatic rings. The second-order valence-electron chi connectivity index (χ2n) is 4.99. The van der Waals surface area contributed by atoms with E-state index < -0.39 is 0 Å². The Labute approximate surface area is 123 Å². The number of nitrogens with one attached hydrogen (secondary N) is 1. The highest BCUT2D eigenvalue weighted by Gasteiger charge is 2.11. The highest BCUT2D eigenvalue weighted by Crippen LogP contribution is 2.14. The molecule has 0 aliphatic heterocycles. The second-order valence-corrected chi connectivity index (χ2v) is 4.99. The van der Waals surface area contributed by atoms with Crippen LogP contribution in [0, 0.1) is 13.8 Å². The first-order valence-electron chi connectivity index (χ1n) is 6.76. The number of anilines is 1. The van der Waals surface area contributed by atoms with Crippen molar-refractivity contribution in [3.8, 4) is 0 Å². The van der Waals surface area contributed by atoms with Crippen LogP contribution in [0.3, 0.4) is 0 Å². The fraction of sp³-hybridized carbons (Fsp3) is 0.333. The maximum atomic E-state index is 11.9. The summed E-state index contributed by atoms with van der Waals surface area (Å²) in [6.07, 6.45) is 0. The van der Waals surface area contributed by atoms with E-state index in [1.54, 1.807) is 4.68 Å². The van der Waals surface area contributed by atoms with Crippen molar-refractivity contribution in [2.75, 3.05) is 5.73 Å². The van der Waals surface area contributed by atoms with E-state index >= 15 is 0 Å². The van der Waals surface area contributed by atoms with E-state index in [4.69, 9.17) is 10.8 Å². The molecule has 4 N–H and O–H groups in total. The highest BCUT2D eigenvalue weighted by molar-refractivity contribution is 5.75. The molecule has 0 spiro atoms. The molecule has 0 atom stereocenters. The molecule has 0 unspecified atom stereocenters. The van der Waals surface area contributed by atoms with Crippen molar-refractivity contribution in [2.24, 2.45) is 0 Å². The Morgan fingerprint density at radius 3 is 2.43 bits per heavy atom. The SMILES string of the molecule is Cc1nn(CC(=O)NCc2ccc(CO)cc2)c(C)c1N. The zero-order chi connectivity index (χ0) is 15.4. The molecule has 21 heavy (non-hydrogen) atoms. The summed E-state index contributed by atoms with van der Waals surface area (Å²) >= 11 is 0. The normalized spacial score (nSPS) is 10.6. The molecule has 0 aliphatic carbocycles. The standard InChI is InChI=1S/C15H20N4O2/c1-10-15(16)11(2)19(18-10)8-14(21)17-7-12-3-5-13(9-20)6-4-12/h3-6,20H,7-9,16H2,1-2H3,(H,17,21). The summed E-state index contributed by atoms with van der Waals surface area (Å²) in [6.45, 7) is 4.28. The van der Waals surface area contributed by atoms with Crippen molar-refractivity contribution in [1.82, 2.24) is 15.1 Å². The van der Waals surface area contributed by atoms with Gasteiger partial charge in [0.25, 0.3) is 0 Å². The lowest BCUT2D eigenvalue weighted by molar-refractivity contribution is -0.122. The first-order valence-corrected chi connectivity index (χ1v) is 6.76. The Bertz CT molecular complexity index is 632. The fourth-order valence-corrected chi connectivity index (χ4v) is 2.02. The number of amides is 1. The van der Waals surface area contributed by atoms with Gasteiger partial charge in [0.1, 0.15) is 6.54 Å². The third kappa shape index (κ3) is 3.61. The maximum absolute atomic E-state index is 11.9. The number of aliphatic hydroxyl groups excluding tert-OH is 1. The van der Waals surface area contributed by atoms with Gasteiger partial charge in [0, 0.05) is 6.54 Å². The van der Waals surface area contributed by atoms with Crippen LogP contribution in [0.1, 0.15) is 22.5 Å². The average Bonchev–Trinajstić information content (AvgIpc) is 2.73. The number of nitrogens with zero attached hydrogens (tertiary/aromatic N) is 2. The van der Waals surface area contributed by atoms with Gasteiger partial charge in [-0.1, -0.05) is 24.3 Å². The topological polar surface area (TPSA) is 93.2 Å². The Morgan fingerprint density at radius 2 is 1.90 bits per heavy atom. The van der Waals surface area contributed by atoms with E-state index in [1.165, 1.54) is 0 Å². The second kappa shape index (κ2) is 6.41. The lowest BCUT2D eigenvalue weighted by atomic mass is 10.1. The predicted octanol–water partition coefficient (Wildman–Crippen LogP) is 0.891. The first-order chi connectivity index (χ1) is 10.0. The molecule has 2 rings (SSSR count). The minimum absolute atomic E-state index is 0.0198. The van der Waals surface area contributed by atoms with Crippen LogP contribution < -0.4 is 11.1 Å².